The standard InChI is InChI=1S/C10H13N5O3S2/c1-2-15-9(16)13-14-10(15)19-6-3-4-8(7(11)5-6)20(12,17)18/h3-5H,2,11H2,1H3,(H,13,16)(H2,12,17,18). The average molecular weight is 315 g/mol. The van der Waals surface area contributed by atoms with Crippen molar-refractivity contribution >= 4 is 27.5 Å². The molecule has 0 radical (unpaired) electrons. The molecule has 0 spiro atoms. The summed E-state index contributed by atoms with van der Waals surface area (Å²) in [5.41, 5.74) is 5.42. The molecule has 0 atom stereocenters. The molecule has 0 unspecified atom stereocenters. The summed E-state index contributed by atoms with van der Waals surface area (Å²) in [6.07, 6.45) is 0. The second-order valence-electron chi connectivity index (χ2n) is 3.90. The van der Waals surface area contributed by atoms with Gasteiger partial charge in [0.2, 0.25) is 10.0 Å². The van der Waals surface area contributed by atoms with Gasteiger partial charge in [-0.05, 0) is 36.9 Å². The lowest BCUT2D eigenvalue weighted by atomic mass is 10.3. The van der Waals surface area contributed by atoms with Crippen LogP contribution in [0.15, 0.2) is 37.9 Å². The van der Waals surface area contributed by atoms with Gasteiger partial charge in [-0.15, -0.1) is 5.10 Å². The molecular formula is C10H13N5O3S2. The van der Waals surface area contributed by atoms with Gasteiger partial charge in [-0.25, -0.2) is 23.4 Å². The van der Waals surface area contributed by atoms with E-state index >= 15 is 0 Å². The maximum atomic E-state index is 11.4. The molecular weight excluding hydrogens is 302 g/mol. The summed E-state index contributed by atoms with van der Waals surface area (Å²) in [4.78, 5) is 12.0. The molecule has 0 aliphatic carbocycles. The predicted octanol–water partition coefficient (Wildman–Crippen LogP) is -0.0279. The number of hydrogen-bond donors (Lipinski definition) is 3. The first-order valence-corrected chi connectivity index (χ1v) is 7.94. The van der Waals surface area contributed by atoms with Crippen LogP contribution in [0, 0.1) is 0 Å². The first-order valence-electron chi connectivity index (χ1n) is 5.58. The van der Waals surface area contributed by atoms with Crippen molar-refractivity contribution in [2.75, 3.05) is 5.73 Å². The first kappa shape index (κ1) is 14.6. The van der Waals surface area contributed by atoms with Crippen molar-refractivity contribution in [3.63, 3.8) is 0 Å². The highest BCUT2D eigenvalue weighted by molar-refractivity contribution is 7.99. The Morgan fingerprint density at radius 3 is 2.70 bits per heavy atom. The van der Waals surface area contributed by atoms with Gasteiger partial charge in [-0.3, -0.25) is 4.57 Å². The Hall–Kier alpha value is -1.78. The summed E-state index contributed by atoms with van der Waals surface area (Å²) in [6, 6.07) is 4.36. The number of aromatic nitrogens is 3. The van der Waals surface area contributed by atoms with Crippen molar-refractivity contribution in [3.05, 3.63) is 28.7 Å². The van der Waals surface area contributed by atoms with Crippen molar-refractivity contribution in [1.82, 2.24) is 14.8 Å². The lowest BCUT2D eigenvalue weighted by Crippen LogP contribution is -2.16. The number of primary sulfonamides is 1. The van der Waals surface area contributed by atoms with Gasteiger partial charge < -0.3 is 5.73 Å². The largest absolute Gasteiger partial charge is 0.398 e. The number of hydrogen-bond acceptors (Lipinski definition) is 6. The third-order valence-electron chi connectivity index (χ3n) is 2.54. The zero-order valence-corrected chi connectivity index (χ0v) is 12.2. The fourth-order valence-electron chi connectivity index (χ4n) is 1.61. The molecule has 0 amide bonds. The number of sulfonamides is 1. The van der Waals surface area contributed by atoms with Crippen LogP contribution in [0.25, 0.3) is 0 Å². The molecule has 2 aromatic rings. The minimum absolute atomic E-state index is 0.0541. The molecule has 1 aromatic carbocycles. The third kappa shape index (κ3) is 2.86. The molecule has 0 saturated carbocycles. The van der Waals surface area contributed by atoms with Gasteiger partial charge in [0, 0.05) is 11.4 Å². The molecule has 8 nitrogen and oxygen atoms in total. The molecule has 0 saturated heterocycles. The minimum Gasteiger partial charge on any atom is -0.398 e. The Bertz CT molecular complexity index is 793. The van der Waals surface area contributed by atoms with Crippen LogP contribution in [0.1, 0.15) is 6.92 Å². The topological polar surface area (TPSA) is 137 Å². The quantitative estimate of drug-likeness (QED) is 0.678. The molecule has 108 valence electrons. The number of nitrogens with one attached hydrogen (secondary N) is 1. The fourth-order valence-corrected chi connectivity index (χ4v) is 3.21. The maximum absolute atomic E-state index is 11.4. The van der Waals surface area contributed by atoms with Gasteiger partial charge in [0.05, 0.1) is 5.69 Å². The molecule has 0 fully saturated rings. The highest BCUT2D eigenvalue weighted by Crippen LogP contribution is 2.29. The van der Waals surface area contributed by atoms with E-state index in [4.69, 9.17) is 10.9 Å². The lowest BCUT2D eigenvalue weighted by molar-refractivity contribution is 0.598. The number of aromatic amines is 1. The number of H-pyrrole nitrogens is 1. The van der Waals surface area contributed by atoms with Gasteiger partial charge >= 0.3 is 5.69 Å². The molecule has 5 N–H and O–H groups in total. The van der Waals surface area contributed by atoms with Crippen LogP contribution < -0.4 is 16.6 Å². The van der Waals surface area contributed by atoms with Crippen LogP contribution in [-0.4, -0.2) is 23.2 Å². The second kappa shape index (κ2) is 5.31. The van der Waals surface area contributed by atoms with Crippen molar-refractivity contribution < 1.29 is 8.42 Å². The number of rotatable bonds is 4. The van der Waals surface area contributed by atoms with Crippen LogP contribution in [0.3, 0.4) is 0 Å². The molecule has 0 aliphatic rings. The van der Waals surface area contributed by atoms with Crippen molar-refractivity contribution in [1.29, 1.82) is 0 Å². The summed E-state index contributed by atoms with van der Waals surface area (Å²) in [5.74, 6) is 0. The Labute approximate surface area is 119 Å². The maximum Gasteiger partial charge on any atom is 0.343 e. The number of benzene rings is 1. The zero-order valence-electron chi connectivity index (χ0n) is 10.5. The van der Waals surface area contributed by atoms with Gasteiger partial charge in [0.1, 0.15) is 4.90 Å². The fraction of sp³-hybridized carbons (Fsp3) is 0.200. The summed E-state index contributed by atoms with van der Waals surface area (Å²) < 4.78 is 24.0. The molecule has 0 bridgehead atoms. The van der Waals surface area contributed by atoms with E-state index in [1.54, 1.807) is 6.07 Å². The minimum atomic E-state index is -3.84. The van der Waals surface area contributed by atoms with Crippen LogP contribution in [0.2, 0.25) is 0 Å². The second-order valence-corrected chi connectivity index (χ2v) is 6.47. The van der Waals surface area contributed by atoms with Gasteiger partial charge in [0.15, 0.2) is 5.16 Å². The number of nitrogens with zero attached hydrogens (tertiary/aromatic N) is 2. The highest BCUT2D eigenvalue weighted by atomic mass is 32.2. The van der Waals surface area contributed by atoms with E-state index < -0.39 is 10.0 Å². The van der Waals surface area contributed by atoms with Crippen molar-refractivity contribution in [2.24, 2.45) is 5.14 Å². The van der Waals surface area contributed by atoms with Crippen LogP contribution in [0.4, 0.5) is 5.69 Å². The van der Waals surface area contributed by atoms with Gasteiger partial charge in [-0.1, -0.05) is 0 Å². The monoisotopic (exact) mass is 315 g/mol. The van der Waals surface area contributed by atoms with E-state index in [0.717, 1.165) is 0 Å². The zero-order chi connectivity index (χ0) is 14.9. The number of nitrogens with two attached hydrogens (primary N) is 2. The van der Waals surface area contributed by atoms with Crippen molar-refractivity contribution in [2.45, 2.75) is 28.4 Å². The molecule has 1 heterocycles. The summed E-state index contributed by atoms with van der Waals surface area (Å²) in [7, 11) is -3.84. The van der Waals surface area contributed by atoms with E-state index in [1.807, 2.05) is 6.92 Å². The Balaban J connectivity index is 2.36. The Morgan fingerprint density at radius 2 is 2.15 bits per heavy atom. The molecule has 0 aliphatic heterocycles. The van der Waals surface area contributed by atoms with E-state index in [2.05, 4.69) is 10.2 Å². The van der Waals surface area contributed by atoms with Crippen LogP contribution in [0.5, 0.6) is 0 Å². The molecule has 20 heavy (non-hydrogen) atoms. The van der Waals surface area contributed by atoms with E-state index in [1.165, 1.54) is 28.5 Å². The smallest absolute Gasteiger partial charge is 0.343 e. The van der Waals surface area contributed by atoms with Crippen molar-refractivity contribution in [3.8, 4) is 0 Å². The first-order chi connectivity index (χ1) is 9.32. The van der Waals surface area contributed by atoms with Gasteiger partial charge in [-0.2, -0.15) is 0 Å². The summed E-state index contributed by atoms with van der Waals surface area (Å²) in [5, 5.41) is 11.7. The third-order valence-corrected chi connectivity index (χ3v) is 4.51. The van der Waals surface area contributed by atoms with E-state index in [9.17, 15) is 13.2 Å². The van der Waals surface area contributed by atoms with Crippen LogP contribution >= 0.6 is 11.8 Å². The number of anilines is 1. The molecule has 2 rings (SSSR count). The SMILES string of the molecule is CCn1c(Sc2ccc(S(N)(=O)=O)c(N)c2)n[nH]c1=O. The molecule has 10 heteroatoms. The molecule has 1 aromatic heterocycles. The normalized spacial score (nSPS) is 11.7. The van der Waals surface area contributed by atoms with Crippen LogP contribution in [-0.2, 0) is 16.6 Å². The number of nitrogen functional groups attached to an aromatic ring is 1. The predicted molar refractivity (Wildman–Crippen MR) is 74.9 cm³/mol. The van der Waals surface area contributed by atoms with E-state index in [-0.39, 0.29) is 16.3 Å². The summed E-state index contributed by atoms with van der Waals surface area (Å²) >= 11 is 1.20. The Morgan fingerprint density at radius 1 is 1.45 bits per heavy atom. The average Bonchev–Trinajstić information content (AvgIpc) is 2.68. The highest BCUT2D eigenvalue weighted by Gasteiger charge is 2.14. The van der Waals surface area contributed by atoms with Gasteiger partial charge in [0.25, 0.3) is 0 Å². The van der Waals surface area contributed by atoms with E-state index in [0.29, 0.717) is 16.6 Å². The Kier molecular flexibility index (Phi) is 3.88. The lowest BCUT2D eigenvalue weighted by Gasteiger charge is -2.06. The summed E-state index contributed by atoms with van der Waals surface area (Å²) in [6.45, 7) is 2.29.